The number of nitro groups is 1. The lowest BCUT2D eigenvalue weighted by Gasteiger charge is -2.06. The second kappa shape index (κ2) is 8.28. The molecule has 9 nitrogen and oxygen atoms in total. The van der Waals surface area contributed by atoms with Gasteiger partial charge in [-0.1, -0.05) is 23.4 Å². The molecule has 0 N–H and O–H groups in total. The van der Waals surface area contributed by atoms with Gasteiger partial charge in [0.05, 0.1) is 10.7 Å². The van der Waals surface area contributed by atoms with Gasteiger partial charge in [-0.2, -0.15) is 0 Å². The predicted molar refractivity (Wildman–Crippen MR) is 101 cm³/mol. The van der Waals surface area contributed by atoms with E-state index in [9.17, 15) is 19.7 Å². The van der Waals surface area contributed by atoms with Gasteiger partial charge >= 0.3 is 5.97 Å². The fourth-order valence-corrected chi connectivity index (χ4v) is 3.20. The van der Waals surface area contributed by atoms with Gasteiger partial charge in [0, 0.05) is 36.6 Å². The Labute approximate surface area is 167 Å². The molecule has 11 heteroatoms. The summed E-state index contributed by atoms with van der Waals surface area (Å²) in [5.74, 6) is -0.776. The van der Waals surface area contributed by atoms with Crippen LogP contribution in [0.5, 0.6) is 5.75 Å². The molecule has 0 amide bonds. The molecule has 2 aromatic heterocycles. The monoisotopic (exact) mass is 421 g/mol. The van der Waals surface area contributed by atoms with Gasteiger partial charge in [0.2, 0.25) is 11.2 Å². The Morgan fingerprint density at radius 3 is 2.86 bits per heavy atom. The molecule has 2 heterocycles. The number of esters is 1. The highest BCUT2D eigenvalue weighted by Gasteiger charge is 2.23. The maximum absolute atomic E-state index is 12.3. The molecule has 0 fully saturated rings. The first kappa shape index (κ1) is 19.6. The fourth-order valence-electron chi connectivity index (χ4n) is 2.20. The topological polar surface area (TPSA) is 117 Å². The summed E-state index contributed by atoms with van der Waals surface area (Å²) in [5.41, 5.74) is -1.45. The van der Waals surface area contributed by atoms with Crippen molar-refractivity contribution in [2.24, 2.45) is 7.05 Å². The highest BCUT2D eigenvalue weighted by atomic mass is 35.5. The number of nitrogens with zero attached hydrogens (tertiary/aromatic N) is 3. The van der Waals surface area contributed by atoms with Crippen LogP contribution in [0, 0.1) is 10.1 Å². The lowest BCUT2D eigenvalue weighted by molar-refractivity contribution is -0.385. The predicted octanol–water partition coefficient (Wildman–Crippen LogP) is 3.45. The van der Waals surface area contributed by atoms with E-state index < -0.39 is 22.0 Å². The zero-order valence-electron chi connectivity index (χ0n) is 14.3. The number of benzene rings is 1. The number of carbonyl (C=O) groups is 1. The third kappa shape index (κ3) is 4.41. The standard InChI is InChI=1S/C17H12ClN3O6S/c1-20-5-4-19-17(20)28-9-11-7-14(22)15(8-26-11)27-16(23)12-6-10(18)2-3-13(12)21(24)25/h2-8H,9H2,1H3. The van der Waals surface area contributed by atoms with E-state index in [1.54, 1.807) is 12.4 Å². The Morgan fingerprint density at radius 1 is 1.43 bits per heavy atom. The third-order valence-corrected chi connectivity index (χ3v) is 4.87. The van der Waals surface area contributed by atoms with Crippen molar-refractivity contribution < 1.29 is 18.9 Å². The van der Waals surface area contributed by atoms with Gasteiger partial charge in [-0.05, 0) is 12.1 Å². The first-order valence-electron chi connectivity index (χ1n) is 7.73. The molecule has 28 heavy (non-hydrogen) atoms. The number of ether oxygens (including phenoxy) is 1. The number of aromatic nitrogens is 2. The molecule has 144 valence electrons. The highest BCUT2D eigenvalue weighted by molar-refractivity contribution is 7.98. The molecule has 0 aliphatic heterocycles. The minimum atomic E-state index is -1.09. The Bertz CT molecular complexity index is 1110. The smallest absolute Gasteiger partial charge is 0.350 e. The Morgan fingerprint density at radius 2 is 2.21 bits per heavy atom. The fraction of sp³-hybridized carbons (Fsp3) is 0.118. The normalized spacial score (nSPS) is 10.6. The second-order valence-corrected chi connectivity index (χ2v) is 6.87. The Balaban J connectivity index is 1.75. The molecule has 0 bridgehead atoms. The molecule has 0 aliphatic carbocycles. The maximum Gasteiger partial charge on any atom is 0.350 e. The van der Waals surface area contributed by atoms with E-state index in [1.165, 1.54) is 23.9 Å². The largest absolute Gasteiger partial charge is 0.464 e. The SMILES string of the molecule is Cn1ccnc1SCc1cc(=O)c(OC(=O)c2cc(Cl)ccc2[N+](=O)[O-])co1. The first-order chi connectivity index (χ1) is 13.3. The number of hydrogen-bond donors (Lipinski definition) is 0. The van der Waals surface area contributed by atoms with Gasteiger partial charge in [0.1, 0.15) is 17.6 Å². The summed E-state index contributed by atoms with van der Waals surface area (Å²) in [6.45, 7) is 0. The molecule has 1 aromatic carbocycles. The van der Waals surface area contributed by atoms with Gasteiger partial charge in [0.15, 0.2) is 5.16 Å². The van der Waals surface area contributed by atoms with E-state index in [0.29, 0.717) is 11.5 Å². The van der Waals surface area contributed by atoms with E-state index >= 15 is 0 Å². The van der Waals surface area contributed by atoms with Crippen LogP contribution in [0.3, 0.4) is 0 Å². The van der Waals surface area contributed by atoms with E-state index in [0.717, 1.165) is 23.6 Å². The number of aryl methyl sites for hydroxylation is 1. The van der Waals surface area contributed by atoms with E-state index in [-0.39, 0.29) is 16.3 Å². The molecule has 0 spiro atoms. The molecule has 0 aliphatic rings. The average Bonchev–Trinajstić information content (AvgIpc) is 3.06. The molecule has 0 unspecified atom stereocenters. The van der Waals surface area contributed by atoms with Crippen molar-refractivity contribution in [1.29, 1.82) is 0 Å². The molecule has 0 saturated heterocycles. The lowest BCUT2D eigenvalue weighted by Crippen LogP contribution is -2.16. The lowest BCUT2D eigenvalue weighted by atomic mass is 10.2. The molecule has 0 radical (unpaired) electrons. The quantitative estimate of drug-likeness (QED) is 0.257. The van der Waals surface area contributed by atoms with Crippen LogP contribution in [-0.2, 0) is 12.8 Å². The molecular weight excluding hydrogens is 410 g/mol. The third-order valence-electron chi connectivity index (χ3n) is 3.55. The van der Waals surface area contributed by atoms with Gasteiger partial charge in [-0.3, -0.25) is 14.9 Å². The highest BCUT2D eigenvalue weighted by Crippen LogP contribution is 2.24. The molecule has 3 rings (SSSR count). The molecule has 0 saturated carbocycles. The summed E-state index contributed by atoms with van der Waals surface area (Å²) in [5, 5.41) is 11.9. The summed E-state index contributed by atoms with van der Waals surface area (Å²) in [7, 11) is 1.84. The molecule has 0 atom stereocenters. The maximum atomic E-state index is 12.3. The summed E-state index contributed by atoms with van der Waals surface area (Å²) >= 11 is 7.15. The van der Waals surface area contributed by atoms with Crippen LogP contribution < -0.4 is 10.2 Å². The van der Waals surface area contributed by atoms with E-state index in [1.807, 2.05) is 11.6 Å². The van der Waals surface area contributed by atoms with E-state index in [4.69, 9.17) is 20.8 Å². The van der Waals surface area contributed by atoms with Gasteiger partial charge in [-0.15, -0.1) is 0 Å². The number of thioether (sulfide) groups is 1. The zero-order valence-corrected chi connectivity index (χ0v) is 15.9. The molecular formula is C17H12ClN3O6S. The number of halogens is 1. The summed E-state index contributed by atoms with van der Waals surface area (Å²) < 4.78 is 12.1. The van der Waals surface area contributed by atoms with Crippen LogP contribution >= 0.6 is 23.4 Å². The minimum Gasteiger partial charge on any atom is -0.464 e. The van der Waals surface area contributed by atoms with Crippen molar-refractivity contribution in [2.75, 3.05) is 0 Å². The van der Waals surface area contributed by atoms with Crippen LogP contribution in [0.15, 0.2) is 57.3 Å². The number of hydrogen-bond acceptors (Lipinski definition) is 8. The first-order valence-corrected chi connectivity index (χ1v) is 9.09. The molecule has 3 aromatic rings. The van der Waals surface area contributed by atoms with Crippen LogP contribution in [0.25, 0.3) is 0 Å². The van der Waals surface area contributed by atoms with Crippen molar-refractivity contribution in [2.45, 2.75) is 10.9 Å². The summed E-state index contributed by atoms with van der Waals surface area (Å²) in [6, 6.07) is 4.64. The number of rotatable bonds is 6. The van der Waals surface area contributed by atoms with E-state index in [2.05, 4.69) is 4.98 Å². The van der Waals surface area contributed by atoms with Crippen molar-refractivity contribution in [3.63, 3.8) is 0 Å². The van der Waals surface area contributed by atoms with Gasteiger partial charge < -0.3 is 13.7 Å². The Hall–Kier alpha value is -3.11. The summed E-state index contributed by atoms with van der Waals surface area (Å²) in [6.07, 6.45) is 4.43. The van der Waals surface area contributed by atoms with Crippen LogP contribution in [0.1, 0.15) is 16.1 Å². The number of imidazole rings is 1. The minimum absolute atomic E-state index is 0.117. The Kier molecular flexibility index (Phi) is 5.81. The van der Waals surface area contributed by atoms with Gasteiger partial charge in [0.25, 0.3) is 5.69 Å². The van der Waals surface area contributed by atoms with Gasteiger partial charge in [-0.25, -0.2) is 9.78 Å². The van der Waals surface area contributed by atoms with Crippen molar-refractivity contribution in [1.82, 2.24) is 9.55 Å². The second-order valence-electron chi connectivity index (χ2n) is 5.49. The van der Waals surface area contributed by atoms with Crippen molar-refractivity contribution in [3.8, 4) is 5.75 Å². The van der Waals surface area contributed by atoms with Crippen molar-refractivity contribution in [3.05, 3.63) is 79.6 Å². The zero-order chi connectivity index (χ0) is 20.3. The summed E-state index contributed by atoms with van der Waals surface area (Å²) in [4.78, 5) is 38.9. The average molecular weight is 422 g/mol. The van der Waals surface area contributed by atoms with Crippen LogP contribution in [-0.4, -0.2) is 20.4 Å². The number of nitro benzene ring substituents is 1. The van der Waals surface area contributed by atoms with Crippen molar-refractivity contribution >= 4 is 35.0 Å². The van der Waals surface area contributed by atoms with Crippen LogP contribution in [0.4, 0.5) is 5.69 Å². The van der Waals surface area contributed by atoms with Crippen LogP contribution in [0.2, 0.25) is 5.02 Å². The number of carbonyl (C=O) groups excluding carboxylic acids is 1.